The minimum atomic E-state index is -0.760. The first-order valence-electron chi connectivity index (χ1n) is 15.1. The second-order valence-corrected chi connectivity index (χ2v) is 10.1. The van der Waals surface area contributed by atoms with Crippen LogP contribution in [0.15, 0.2) is 127 Å². The van der Waals surface area contributed by atoms with E-state index >= 15 is 0 Å². The number of amides is 2. The lowest BCUT2D eigenvalue weighted by atomic mass is 9.90. The van der Waals surface area contributed by atoms with E-state index in [1.165, 1.54) is 0 Å². The van der Waals surface area contributed by atoms with Crippen LogP contribution in [0.4, 0.5) is 0 Å². The minimum absolute atomic E-state index is 0.0369. The molecule has 1 unspecified atom stereocenters. The third kappa shape index (κ3) is 13.5. The molecule has 0 saturated carbocycles. The number of hydrogen-bond acceptors (Lipinski definition) is 3. The third-order valence-corrected chi connectivity index (χ3v) is 6.65. The Morgan fingerprint density at radius 2 is 1.26 bits per heavy atom. The van der Waals surface area contributed by atoms with E-state index in [2.05, 4.69) is 91.0 Å². The van der Waals surface area contributed by atoms with E-state index in [0.29, 0.717) is 25.9 Å². The highest BCUT2D eigenvalue weighted by Crippen LogP contribution is 2.40. The fourth-order valence-corrected chi connectivity index (χ4v) is 4.13. The monoisotopic (exact) mass is 568 g/mol. The molecule has 0 saturated heterocycles. The molecule has 1 aliphatic rings. The van der Waals surface area contributed by atoms with Crippen LogP contribution in [0.5, 0.6) is 0 Å². The Kier molecular flexibility index (Phi) is 16.8. The van der Waals surface area contributed by atoms with Crippen molar-refractivity contribution in [3.05, 3.63) is 133 Å². The number of carbonyl (C=O) groups is 2. The van der Waals surface area contributed by atoms with Crippen molar-refractivity contribution in [1.29, 1.82) is 0 Å². The van der Waals surface area contributed by atoms with Crippen LogP contribution in [0, 0.1) is 0 Å². The van der Waals surface area contributed by atoms with Crippen LogP contribution in [0.3, 0.4) is 0 Å². The molecule has 2 amide bonds. The molecule has 5 nitrogen and oxygen atoms in total. The molecule has 2 N–H and O–H groups in total. The molecular weight excluding hydrogens is 520 g/mol. The zero-order chi connectivity index (χ0) is 30.3. The van der Waals surface area contributed by atoms with Crippen molar-refractivity contribution >= 4 is 11.8 Å². The number of allylic oxidation sites excluding steroid dienone is 12. The molecule has 0 aromatic heterocycles. The van der Waals surface area contributed by atoms with E-state index in [-0.39, 0.29) is 17.6 Å². The summed E-state index contributed by atoms with van der Waals surface area (Å²) in [6, 6.07) is 9.70. The van der Waals surface area contributed by atoms with E-state index in [4.69, 9.17) is 4.74 Å². The van der Waals surface area contributed by atoms with Gasteiger partial charge in [0.25, 0.3) is 5.91 Å². The Balaban J connectivity index is 1.48. The maximum Gasteiger partial charge on any atom is 0.286 e. The molecule has 1 atom stereocenters. The van der Waals surface area contributed by atoms with Crippen LogP contribution in [0.1, 0.15) is 70.8 Å². The van der Waals surface area contributed by atoms with Gasteiger partial charge in [-0.15, -0.1) is 0 Å². The number of rotatable bonds is 19. The Hall–Kier alpha value is -4.12. The highest BCUT2D eigenvalue weighted by atomic mass is 16.5. The standard InChI is InChI=1S/C37H48N2O3/c1-4-5-6-7-8-9-10-11-12-13-14-15-16-17-18-19-20-21-25-28-35(40)38-29-30-39-36(41)34-31-32(2)37(3,42-34)33-26-23-22-24-27-33/h5-6,8-9,11-12,14-15,17-18,20-24,26-27,31H,2,4,7,10,13,16,19,25,28-30H2,1,3H3,(H,38,40)(H,39,41)/b6-5-,9-8-,12-11-,15-14-,18-17-,21-20-. The van der Waals surface area contributed by atoms with Crippen molar-refractivity contribution in [3.8, 4) is 0 Å². The fraction of sp³-hybridized carbons (Fsp3) is 0.351. The molecule has 0 radical (unpaired) electrons. The average Bonchev–Trinajstić information content (AvgIpc) is 3.31. The number of carbonyl (C=O) groups excluding carboxylic acids is 2. The molecule has 5 heteroatoms. The van der Waals surface area contributed by atoms with E-state index in [1.54, 1.807) is 6.08 Å². The maximum absolute atomic E-state index is 12.5. The fourth-order valence-electron chi connectivity index (χ4n) is 4.13. The molecule has 1 aromatic rings. The van der Waals surface area contributed by atoms with Gasteiger partial charge in [-0.3, -0.25) is 9.59 Å². The lowest BCUT2D eigenvalue weighted by Crippen LogP contribution is -2.36. The summed E-state index contributed by atoms with van der Waals surface area (Å²) in [6.45, 7) is 8.80. The van der Waals surface area contributed by atoms with Gasteiger partial charge in [-0.05, 0) is 69.1 Å². The third-order valence-electron chi connectivity index (χ3n) is 6.65. The van der Waals surface area contributed by atoms with Crippen molar-refractivity contribution in [2.24, 2.45) is 0 Å². The van der Waals surface area contributed by atoms with Crippen LogP contribution < -0.4 is 10.6 Å². The van der Waals surface area contributed by atoms with Gasteiger partial charge >= 0.3 is 0 Å². The molecule has 0 bridgehead atoms. The number of benzene rings is 1. The number of ether oxygens (including phenoxy) is 1. The minimum Gasteiger partial charge on any atom is -0.472 e. The normalized spacial score (nSPS) is 17.4. The van der Waals surface area contributed by atoms with Crippen molar-refractivity contribution < 1.29 is 14.3 Å². The molecular formula is C37H48N2O3. The molecule has 0 fully saturated rings. The summed E-state index contributed by atoms with van der Waals surface area (Å²) in [5.74, 6) is -0.122. The van der Waals surface area contributed by atoms with Crippen molar-refractivity contribution in [1.82, 2.24) is 10.6 Å². The highest BCUT2D eigenvalue weighted by Gasteiger charge is 2.38. The quantitative estimate of drug-likeness (QED) is 0.131. The summed E-state index contributed by atoms with van der Waals surface area (Å²) < 4.78 is 5.98. The van der Waals surface area contributed by atoms with E-state index in [0.717, 1.165) is 49.7 Å². The van der Waals surface area contributed by atoms with Gasteiger partial charge in [0.1, 0.15) is 0 Å². The molecule has 0 spiro atoms. The Labute approximate surface area is 253 Å². The summed E-state index contributed by atoms with van der Waals surface area (Å²) in [5.41, 5.74) is 0.901. The molecule has 1 aliphatic heterocycles. The van der Waals surface area contributed by atoms with Crippen molar-refractivity contribution in [2.45, 2.75) is 70.8 Å². The molecule has 0 aliphatic carbocycles. The summed E-state index contributed by atoms with van der Waals surface area (Å²) in [4.78, 5) is 24.6. The first kappa shape index (κ1) is 34.1. The summed E-state index contributed by atoms with van der Waals surface area (Å²) in [5, 5.41) is 5.64. The van der Waals surface area contributed by atoms with Gasteiger partial charge in [0.05, 0.1) is 0 Å². The van der Waals surface area contributed by atoms with Gasteiger partial charge in [0, 0.05) is 19.5 Å². The first-order chi connectivity index (χ1) is 20.5. The highest BCUT2D eigenvalue weighted by molar-refractivity contribution is 5.93. The van der Waals surface area contributed by atoms with Gasteiger partial charge in [-0.1, -0.05) is 117 Å². The van der Waals surface area contributed by atoms with Crippen LogP contribution in [-0.2, 0) is 19.9 Å². The van der Waals surface area contributed by atoms with Crippen LogP contribution in [0.2, 0.25) is 0 Å². The van der Waals surface area contributed by atoms with E-state index in [1.807, 2.05) is 43.3 Å². The summed E-state index contributed by atoms with van der Waals surface area (Å²) in [7, 11) is 0. The molecule has 1 aromatic carbocycles. The summed E-state index contributed by atoms with van der Waals surface area (Å²) in [6.07, 6.45) is 34.6. The van der Waals surface area contributed by atoms with Gasteiger partial charge in [0.2, 0.25) is 5.91 Å². The number of hydrogen-bond donors (Lipinski definition) is 2. The lowest BCUT2D eigenvalue weighted by Gasteiger charge is -2.26. The zero-order valence-corrected chi connectivity index (χ0v) is 25.4. The largest absolute Gasteiger partial charge is 0.472 e. The van der Waals surface area contributed by atoms with E-state index < -0.39 is 5.60 Å². The average molecular weight is 569 g/mol. The lowest BCUT2D eigenvalue weighted by molar-refractivity contribution is -0.123. The van der Waals surface area contributed by atoms with Crippen LogP contribution in [-0.4, -0.2) is 24.9 Å². The van der Waals surface area contributed by atoms with Gasteiger partial charge in [-0.25, -0.2) is 0 Å². The molecule has 2 rings (SSSR count). The maximum atomic E-state index is 12.5. The van der Waals surface area contributed by atoms with Crippen LogP contribution >= 0.6 is 0 Å². The van der Waals surface area contributed by atoms with E-state index in [9.17, 15) is 9.59 Å². The summed E-state index contributed by atoms with van der Waals surface area (Å²) >= 11 is 0. The zero-order valence-electron chi connectivity index (χ0n) is 25.4. The Morgan fingerprint density at radius 3 is 1.81 bits per heavy atom. The molecule has 42 heavy (non-hydrogen) atoms. The molecule has 1 heterocycles. The van der Waals surface area contributed by atoms with Crippen molar-refractivity contribution in [3.63, 3.8) is 0 Å². The predicted molar refractivity (Wildman–Crippen MR) is 176 cm³/mol. The Morgan fingerprint density at radius 1 is 0.762 bits per heavy atom. The number of nitrogens with one attached hydrogen (secondary N) is 2. The second-order valence-electron chi connectivity index (χ2n) is 10.1. The van der Waals surface area contributed by atoms with Crippen molar-refractivity contribution in [2.75, 3.05) is 13.1 Å². The predicted octanol–water partition coefficient (Wildman–Crippen LogP) is 8.08. The smallest absolute Gasteiger partial charge is 0.286 e. The Bertz CT molecular complexity index is 1180. The molecule has 224 valence electrons. The van der Waals surface area contributed by atoms with Crippen LogP contribution in [0.25, 0.3) is 0 Å². The first-order valence-corrected chi connectivity index (χ1v) is 15.1. The SMILES string of the molecule is C=C1C=C(C(=O)NCCNC(=O)CC/C=C\C/C=C\C/C=C\C/C=C\C/C=C\C/C=C\CC)OC1(C)c1ccccc1. The second kappa shape index (κ2) is 20.7. The topological polar surface area (TPSA) is 67.4 Å². The van der Waals surface area contributed by atoms with Gasteiger partial charge < -0.3 is 15.4 Å². The van der Waals surface area contributed by atoms with Gasteiger partial charge in [-0.2, -0.15) is 0 Å². The van der Waals surface area contributed by atoms with Gasteiger partial charge in [0.15, 0.2) is 11.4 Å².